The Morgan fingerprint density at radius 3 is 2.16 bits per heavy atom. The fraction of sp³-hybridized carbons (Fsp3) is 0.647. The molecular formula is C17H29NO. The zero-order valence-electron chi connectivity index (χ0n) is 13.6. The van der Waals surface area contributed by atoms with E-state index in [-0.39, 0.29) is 11.0 Å². The van der Waals surface area contributed by atoms with Gasteiger partial charge in [-0.15, -0.1) is 0 Å². The lowest BCUT2D eigenvalue weighted by Crippen LogP contribution is -2.38. The average molecular weight is 263 g/mol. The molecule has 0 fully saturated rings. The molecule has 1 N–H and O–H groups in total. The van der Waals surface area contributed by atoms with Gasteiger partial charge in [0.05, 0.1) is 0 Å². The van der Waals surface area contributed by atoms with E-state index in [1.807, 2.05) is 0 Å². The predicted molar refractivity (Wildman–Crippen MR) is 83.1 cm³/mol. The Balaban J connectivity index is 2.57. The quantitative estimate of drug-likeness (QED) is 0.827. The Morgan fingerprint density at radius 2 is 1.68 bits per heavy atom. The first-order chi connectivity index (χ1) is 8.59. The monoisotopic (exact) mass is 263 g/mol. The number of hydrogen-bond donors (Lipinski definition) is 1. The largest absolute Gasteiger partial charge is 0.492 e. The zero-order chi connectivity index (χ0) is 14.7. The Morgan fingerprint density at radius 1 is 1.05 bits per heavy atom. The Bertz CT molecular complexity index is 410. The van der Waals surface area contributed by atoms with Gasteiger partial charge in [-0.1, -0.05) is 32.9 Å². The molecule has 0 spiro atoms. The average Bonchev–Trinajstić information content (AvgIpc) is 2.23. The molecule has 0 unspecified atom stereocenters. The van der Waals surface area contributed by atoms with Crippen LogP contribution in [0.15, 0.2) is 18.2 Å². The van der Waals surface area contributed by atoms with Crippen molar-refractivity contribution in [3.8, 4) is 5.75 Å². The third kappa shape index (κ3) is 5.65. The lowest BCUT2D eigenvalue weighted by molar-refractivity contribution is 0.289. The van der Waals surface area contributed by atoms with E-state index in [2.05, 4.69) is 72.0 Å². The standard InChI is InChI=1S/C17H29NO/c1-13-12-14(16(2,3)4)8-9-15(13)19-11-10-18-17(5,6)7/h8-9,12,18H,10-11H2,1-7H3. The summed E-state index contributed by atoms with van der Waals surface area (Å²) in [5.41, 5.74) is 2.90. The fourth-order valence-corrected chi connectivity index (χ4v) is 1.86. The molecule has 2 heteroatoms. The van der Waals surface area contributed by atoms with Crippen LogP contribution in [0.1, 0.15) is 52.7 Å². The van der Waals surface area contributed by atoms with E-state index in [4.69, 9.17) is 4.74 Å². The predicted octanol–water partition coefficient (Wildman–Crippen LogP) is 4.06. The minimum absolute atomic E-state index is 0.147. The molecule has 0 atom stereocenters. The number of nitrogens with one attached hydrogen (secondary N) is 1. The third-order valence-corrected chi connectivity index (χ3v) is 3.06. The molecule has 0 aliphatic carbocycles. The highest BCUT2D eigenvalue weighted by atomic mass is 16.5. The minimum Gasteiger partial charge on any atom is -0.492 e. The molecule has 0 aliphatic rings. The van der Waals surface area contributed by atoms with Crippen LogP contribution < -0.4 is 10.1 Å². The van der Waals surface area contributed by atoms with Crippen molar-refractivity contribution in [1.82, 2.24) is 5.32 Å². The molecule has 1 rings (SSSR count). The van der Waals surface area contributed by atoms with E-state index in [1.54, 1.807) is 0 Å². The normalized spacial score (nSPS) is 12.6. The maximum absolute atomic E-state index is 5.84. The first-order valence-corrected chi connectivity index (χ1v) is 7.08. The maximum atomic E-state index is 5.84. The molecule has 19 heavy (non-hydrogen) atoms. The van der Waals surface area contributed by atoms with Crippen molar-refractivity contribution in [2.75, 3.05) is 13.2 Å². The van der Waals surface area contributed by atoms with Crippen LogP contribution in [0.5, 0.6) is 5.75 Å². The first-order valence-electron chi connectivity index (χ1n) is 7.08. The Hall–Kier alpha value is -1.02. The van der Waals surface area contributed by atoms with Gasteiger partial charge in [0.25, 0.3) is 0 Å². The van der Waals surface area contributed by atoms with Gasteiger partial charge < -0.3 is 10.1 Å². The molecule has 0 bridgehead atoms. The first kappa shape index (κ1) is 16.0. The molecule has 0 aliphatic heterocycles. The van der Waals surface area contributed by atoms with Crippen LogP contribution in [-0.2, 0) is 5.41 Å². The van der Waals surface area contributed by atoms with Gasteiger partial charge in [-0.3, -0.25) is 0 Å². The van der Waals surface area contributed by atoms with Crippen molar-refractivity contribution in [3.05, 3.63) is 29.3 Å². The number of rotatable bonds is 4. The topological polar surface area (TPSA) is 21.3 Å². The summed E-state index contributed by atoms with van der Waals surface area (Å²) in [6.07, 6.45) is 0. The van der Waals surface area contributed by atoms with Gasteiger partial charge in [0.1, 0.15) is 12.4 Å². The Labute approximate surface area is 118 Å². The number of aryl methyl sites for hydroxylation is 1. The molecular weight excluding hydrogens is 234 g/mol. The van der Waals surface area contributed by atoms with Gasteiger partial charge in [-0.25, -0.2) is 0 Å². The Kier molecular flexibility index (Phi) is 5.03. The lowest BCUT2D eigenvalue weighted by Gasteiger charge is -2.22. The second-order valence-electron chi connectivity index (χ2n) is 7.26. The van der Waals surface area contributed by atoms with Crippen LogP contribution in [0.2, 0.25) is 0 Å². The van der Waals surface area contributed by atoms with E-state index < -0.39 is 0 Å². The van der Waals surface area contributed by atoms with Crippen LogP contribution in [-0.4, -0.2) is 18.7 Å². The number of ether oxygens (including phenoxy) is 1. The molecule has 0 amide bonds. The summed E-state index contributed by atoms with van der Waals surface area (Å²) in [6, 6.07) is 6.49. The van der Waals surface area contributed by atoms with Crippen molar-refractivity contribution in [2.45, 2.75) is 59.4 Å². The van der Waals surface area contributed by atoms with Crippen molar-refractivity contribution in [1.29, 1.82) is 0 Å². The van der Waals surface area contributed by atoms with Crippen molar-refractivity contribution < 1.29 is 4.74 Å². The smallest absolute Gasteiger partial charge is 0.122 e. The summed E-state index contributed by atoms with van der Waals surface area (Å²) in [4.78, 5) is 0. The zero-order valence-corrected chi connectivity index (χ0v) is 13.6. The highest BCUT2D eigenvalue weighted by molar-refractivity contribution is 5.38. The van der Waals surface area contributed by atoms with Crippen LogP contribution >= 0.6 is 0 Å². The number of benzene rings is 1. The highest BCUT2D eigenvalue weighted by Crippen LogP contribution is 2.27. The molecule has 0 saturated heterocycles. The maximum Gasteiger partial charge on any atom is 0.122 e. The van der Waals surface area contributed by atoms with E-state index in [9.17, 15) is 0 Å². The van der Waals surface area contributed by atoms with E-state index in [0.717, 1.165) is 12.3 Å². The summed E-state index contributed by atoms with van der Waals surface area (Å²) in [6.45, 7) is 16.9. The number of hydrogen-bond acceptors (Lipinski definition) is 2. The van der Waals surface area contributed by atoms with Gasteiger partial charge >= 0.3 is 0 Å². The molecule has 0 radical (unpaired) electrons. The summed E-state index contributed by atoms with van der Waals surface area (Å²) < 4.78 is 5.84. The van der Waals surface area contributed by atoms with Crippen molar-refractivity contribution in [2.24, 2.45) is 0 Å². The molecule has 108 valence electrons. The molecule has 1 aromatic carbocycles. The van der Waals surface area contributed by atoms with E-state index in [1.165, 1.54) is 11.1 Å². The summed E-state index contributed by atoms with van der Waals surface area (Å²) in [7, 11) is 0. The lowest BCUT2D eigenvalue weighted by atomic mass is 9.86. The van der Waals surface area contributed by atoms with Gasteiger partial charge in [-0.2, -0.15) is 0 Å². The van der Waals surface area contributed by atoms with Gasteiger partial charge in [-0.05, 0) is 50.3 Å². The van der Waals surface area contributed by atoms with Crippen LogP contribution in [0.3, 0.4) is 0 Å². The summed E-state index contributed by atoms with van der Waals surface area (Å²) >= 11 is 0. The van der Waals surface area contributed by atoms with Crippen molar-refractivity contribution in [3.63, 3.8) is 0 Å². The van der Waals surface area contributed by atoms with E-state index in [0.29, 0.717) is 6.61 Å². The second kappa shape index (κ2) is 5.96. The molecule has 0 heterocycles. The van der Waals surface area contributed by atoms with Gasteiger partial charge in [0.2, 0.25) is 0 Å². The summed E-state index contributed by atoms with van der Waals surface area (Å²) in [5, 5.41) is 3.42. The fourth-order valence-electron chi connectivity index (χ4n) is 1.86. The van der Waals surface area contributed by atoms with Gasteiger partial charge in [0.15, 0.2) is 0 Å². The molecule has 1 aromatic rings. The van der Waals surface area contributed by atoms with Crippen LogP contribution in [0, 0.1) is 6.92 Å². The second-order valence-corrected chi connectivity index (χ2v) is 7.26. The minimum atomic E-state index is 0.147. The van der Waals surface area contributed by atoms with Crippen molar-refractivity contribution >= 4 is 0 Å². The molecule has 0 saturated carbocycles. The van der Waals surface area contributed by atoms with Crippen LogP contribution in [0.4, 0.5) is 0 Å². The van der Waals surface area contributed by atoms with Crippen LogP contribution in [0.25, 0.3) is 0 Å². The van der Waals surface area contributed by atoms with E-state index >= 15 is 0 Å². The molecule has 0 aromatic heterocycles. The highest BCUT2D eigenvalue weighted by Gasteiger charge is 2.14. The third-order valence-electron chi connectivity index (χ3n) is 3.06. The van der Waals surface area contributed by atoms with Gasteiger partial charge in [0, 0.05) is 12.1 Å². The molecule has 2 nitrogen and oxygen atoms in total. The summed E-state index contributed by atoms with van der Waals surface area (Å²) in [5.74, 6) is 0.990. The SMILES string of the molecule is Cc1cc(C(C)(C)C)ccc1OCCNC(C)(C)C.